The standard InChI is InChI=1S/C18H17ClN6O2/c1-10-4-6-12(7-5-10)9-24-14-15(23(3)18(27)21-16(14)26)20-17(24)25-13(19)8-11(2)22-25/h4-8H,9H2,1-3H3,(H,21,26,27). The van der Waals surface area contributed by atoms with Gasteiger partial charge < -0.3 is 0 Å². The zero-order valence-electron chi connectivity index (χ0n) is 15.0. The number of fused-ring (bicyclic) bond motifs is 1. The van der Waals surface area contributed by atoms with Crippen LogP contribution in [-0.4, -0.2) is 28.9 Å². The highest BCUT2D eigenvalue weighted by Gasteiger charge is 2.21. The molecular formula is C18H17ClN6O2. The minimum absolute atomic E-state index is 0.273. The minimum atomic E-state index is -0.526. The van der Waals surface area contributed by atoms with Gasteiger partial charge in [-0.3, -0.25) is 18.9 Å². The van der Waals surface area contributed by atoms with Crippen LogP contribution in [-0.2, 0) is 13.6 Å². The van der Waals surface area contributed by atoms with Crippen LogP contribution in [0.2, 0.25) is 5.15 Å². The monoisotopic (exact) mass is 384 g/mol. The first-order valence-electron chi connectivity index (χ1n) is 8.33. The van der Waals surface area contributed by atoms with Gasteiger partial charge in [0.05, 0.1) is 12.2 Å². The Morgan fingerprint density at radius 3 is 2.48 bits per heavy atom. The maximum absolute atomic E-state index is 12.6. The molecule has 1 aromatic carbocycles. The second-order valence-corrected chi connectivity index (χ2v) is 6.88. The van der Waals surface area contributed by atoms with Gasteiger partial charge in [0.1, 0.15) is 5.15 Å². The Balaban J connectivity index is 2.04. The van der Waals surface area contributed by atoms with Crippen molar-refractivity contribution in [3.8, 4) is 5.95 Å². The van der Waals surface area contributed by atoms with Crippen molar-refractivity contribution in [1.82, 2.24) is 28.9 Å². The first-order valence-corrected chi connectivity index (χ1v) is 8.70. The van der Waals surface area contributed by atoms with Crippen molar-refractivity contribution in [3.05, 3.63) is 73.1 Å². The van der Waals surface area contributed by atoms with Crippen LogP contribution in [0.25, 0.3) is 17.1 Å². The van der Waals surface area contributed by atoms with Crippen molar-refractivity contribution < 1.29 is 0 Å². The number of aromatic nitrogens is 6. The van der Waals surface area contributed by atoms with Crippen molar-refractivity contribution in [3.63, 3.8) is 0 Å². The van der Waals surface area contributed by atoms with Crippen LogP contribution in [0, 0.1) is 13.8 Å². The minimum Gasteiger partial charge on any atom is -0.298 e. The number of nitrogens with one attached hydrogen (secondary N) is 1. The summed E-state index contributed by atoms with van der Waals surface area (Å²) in [6, 6.07) is 9.67. The number of halogens is 1. The molecule has 0 amide bonds. The predicted octanol–water partition coefficient (Wildman–Crippen LogP) is 1.93. The summed E-state index contributed by atoms with van der Waals surface area (Å²) in [6.07, 6.45) is 0. The molecule has 0 saturated heterocycles. The number of aromatic amines is 1. The fourth-order valence-corrected chi connectivity index (χ4v) is 3.29. The summed E-state index contributed by atoms with van der Waals surface area (Å²) in [6.45, 7) is 4.20. The number of rotatable bonds is 3. The lowest BCUT2D eigenvalue weighted by Crippen LogP contribution is -2.29. The van der Waals surface area contributed by atoms with Crippen LogP contribution in [0.5, 0.6) is 0 Å². The van der Waals surface area contributed by atoms with Gasteiger partial charge in [0.2, 0.25) is 5.95 Å². The summed E-state index contributed by atoms with van der Waals surface area (Å²) in [5, 5.41) is 4.75. The largest absolute Gasteiger partial charge is 0.329 e. The zero-order valence-corrected chi connectivity index (χ0v) is 15.8. The molecule has 0 aliphatic rings. The maximum atomic E-state index is 12.6. The Kier molecular flexibility index (Phi) is 4.00. The average molecular weight is 385 g/mol. The van der Waals surface area contributed by atoms with Crippen molar-refractivity contribution in [2.45, 2.75) is 20.4 Å². The molecule has 8 nitrogen and oxygen atoms in total. The first kappa shape index (κ1) is 17.3. The van der Waals surface area contributed by atoms with Crippen LogP contribution in [0.3, 0.4) is 0 Å². The summed E-state index contributed by atoms with van der Waals surface area (Å²) in [7, 11) is 1.56. The molecule has 3 heterocycles. The van der Waals surface area contributed by atoms with Gasteiger partial charge in [0.15, 0.2) is 11.2 Å². The highest BCUT2D eigenvalue weighted by molar-refractivity contribution is 6.29. The van der Waals surface area contributed by atoms with Crippen LogP contribution >= 0.6 is 11.6 Å². The molecular weight excluding hydrogens is 368 g/mol. The van der Waals surface area contributed by atoms with E-state index in [-0.39, 0.29) is 11.2 Å². The zero-order chi connectivity index (χ0) is 19.3. The molecule has 0 atom stereocenters. The molecule has 3 aromatic heterocycles. The molecule has 0 aliphatic carbocycles. The summed E-state index contributed by atoms with van der Waals surface area (Å²) in [4.78, 5) is 31.4. The Bertz CT molecular complexity index is 1280. The lowest BCUT2D eigenvalue weighted by molar-refractivity contribution is 0.714. The number of H-pyrrole nitrogens is 1. The van der Waals surface area contributed by atoms with E-state index >= 15 is 0 Å². The fraction of sp³-hybridized carbons (Fsp3) is 0.222. The third kappa shape index (κ3) is 2.87. The predicted molar refractivity (Wildman–Crippen MR) is 103 cm³/mol. The normalized spacial score (nSPS) is 11.4. The number of hydrogen-bond donors (Lipinski definition) is 1. The van der Waals surface area contributed by atoms with E-state index in [0.717, 1.165) is 16.8 Å². The molecule has 0 spiro atoms. The summed E-state index contributed by atoms with van der Waals surface area (Å²) in [5.41, 5.74) is 2.37. The molecule has 0 radical (unpaired) electrons. The van der Waals surface area contributed by atoms with E-state index in [2.05, 4.69) is 15.1 Å². The van der Waals surface area contributed by atoms with Gasteiger partial charge in [0.25, 0.3) is 5.56 Å². The van der Waals surface area contributed by atoms with E-state index in [1.807, 2.05) is 38.1 Å². The number of nitrogens with zero attached hydrogens (tertiary/aromatic N) is 5. The van der Waals surface area contributed by atoms with Crippen molar-refractivity contribution in [2.75, 3.05) is 0 Å². The van der Waals surface area contributed by atoms with Gasteiger partial charge in [-0.2, -0.15) is 14.8 Å². The van der Waals surface area contributed by atoms with Gasteiger partial charge >= 0.3 is 5.69 Å². The maximum Gasteiger partial charge on any atom is 0.329 e. The SMILES string of the molecule is Cc1ccc(Cn2c(-n3nc(C)cc3Cl)nc3c2c(=O)[nH]c(=O)n3C)cc1. The van der Waals surface area contributed by atoms with E-state index in [0.29, 0.717) is 17.6 Å². The van der Waals surface area contributed by atoms with E-state index in [1.165, 1.54) is 9.25 Å². The van der Waals surface area contributed by atoms with E-state index in [1.54, 1.807) is 17.7 Å². The molecule has 4 aromatic rings. The molecule has 9 heteroatoms. The molecule has 0 unspecified atom stereocenters. The summed E-state index contributed by atoms with van der Waals surface area (Å²) < 4.78 is 4.49. The number of hydrogen-bond acceptors (Lipinski definition) is 4. The smallest absolute Gasteiger partial charge is 0.298 e. The molecule has 0 saturated carbocycles. The lowest BCUT2D eigenvalue weighted by atomic mass is 10.1. The Morgan fingerprint density at radius 1 is 1.15 bits per heavy atom. The van der Waals surface area contributed by atoms with Crippen LogP contribution in [0.15, 0.2) is 39.9 Å². The van der Waals surface area contributed by atoms with E-state index in [9.17, 15) is 9.59 Å². The summed E-state index contributed by atoms with van der Waals surface area (Å²) >= 11 is 6.31. The third-order valence-electron chi connectivity index (χ3n) is 4.43. The fourth-order valence-electron chi connectivity index (χ4n) is 3.02. The van der Waals surface area contributed by atoms with Crippen molar-refractivity contribution in [1.29, 1.82) is 0 Å². The van der Waals surface area contributed by atoms with Gasteiger partial charge in [-0.1, -0.05) is 41.4 Å². The van der Waals surface area contributed by atoms with Gasteiger partial charge in [-0.15, -0.1) is 0 Å². The lowest BCUT2D eigenvalue weighted by Gasteiger charge is -2.09. The molecule has 1 N–H and O–H groups in total. The average Bonchev–Trinajstić information content (AvgIpc) is 3.15. The molecule has 0 fully saturated rings. The topological polar surface area (TPSA) is 90.5 Å². The second-order valence-electron chi connectivity index (χ2n) is 6.49. The van der Waals surface area contributed by atoms with Crippen molar-refractivity contribution in [2.24, 2.45) is 7.05 Å². The Morgan fingerprint density at radius 2 is 1.85 bits per heavy atom. The van der Waals surface area contributed by atoms with Gasteiger partial charge in [-0.05, 0) is 25.5 Å². The Hall–Kier alpha value is -3.13. The van der Waals surface area contributed by atoms with E-state index in [4.69, 9.17) is 11.6 Å². The molecule has 4 rings (SSSR count). The molecule has 27 heavy (non-hydrogen) atoms. The van der Waals surface area contributed by atoms with Crippen LogP contribution in [0.4, 0.5) is 0 Å². The van der Waals surface area contributed by atoms with Crippen molar-refractivity contribution >= 4 is 22.8 Å². The second kappa shape index (κ2) is 6.24. The molecule has 138 valence electrons. The quantitative estimate of drug-likeness (QED) is 0.584. The first-order chi connectivity index (χ1) is 12.8. The molecule has 0 aliphatic heterocycles. The van der Waals surface area contributed by atoms with Crippen LogP contribution in [0.1, 0.15) is 16.8 Å². The highest BCUT2D eigenvalue weighted by Crippen LogP contribution is 2.21. The third-order valence-corrected chi connectivity index (χ3v) is 4.69. The number of imidazole rings is 1. The van der Waals surface area contributed by atoms with Gasteiger partial charge in [0, 0.05) is 7.05 Å². The Labute approximate surface area is 158 Å². The highest BCUT2D eigenvalue weighted by atomic mass is 35.5. The van der Waals surface area contributed by atoms with Crippen LogP contribution < -0.4 is 11.2 Å². The molecule has 0 bridgehead atoms. The van der Waals surface area contributed by atoms with Gasteiger partial charge in [-0.25, -0.2) is 4.79 Å². The van der Waals surface area contributed by atoms with E-state index < -0.39 is 11.2 Å². The number of aryl methyl sites for hydroxylation is 3. The number of benzene rings is 1. The summed E-state index contributed by atoms with van der Waals surface area (Å²) in [5.74, 6) is 0.371.